The number of anilines is 1. The van der Waals surface area contributed by atoms with Crippen molar-refractivity contribution in [3.63, 3.8) is 0 Å². The van der Waals surface area contributed by atoms with E-state index in [1.807, 2.05) is 59.5 Å². The number of nitrogens with zero attached hydrogens (tertiary/aromatic N) is 3. The molecule has 0 bridgehead atoms. The Morgan fingerprint density at radius 3 is 2.31 bits per heavy atom. The summed E-state index contributed by atoms with van der Waals surface area (Å²) in [5, 5.41) is 0. The number of rotatable bonds is 5. The molecule has 3 aromatic carbocycles. The molecule has 0 atom stereocenters. The van der Waals surface area contributed by atoms with Crippen molar-refractivity contribution in [2.75, 3.05) is 38.2 Å². The van der Waals surface area contributed by atoms with Crippen LogP contribution in [0.3, 0.4) is 0 Å². The number of methoxy groups -OCH3 is 1. The number of hydrogen-bond donors (Lipinski definition) is 0. The van der Waals surface area contributed by atoms with E-state index in [4.69, 9.17) is 4.74 Å². The first-order chi connectivity index (χ1) is 17.0. The van der Waals surface area contributed by atoms with Gasteiger partial charge >= 0.3 is 0 Å². The summed E-state index contributed by atoms with van der Waals surface area (Å²) in [6.45, 7) is 2.99. The van der Waals surface area contributed by atoms with E-state index in [0.717, 1.165) is 30.0 Å². The highest BCUT2D eigenvalue weighted by molar-refractivity contribution is 6.22. The molecule has 35 heavy (non-hydrogen) atoms. The third-order valence-electron chi connectivity index (χ3n) is 6.62. The quantitative estimate of drug-likeness (QED) is 0.531. The topological polar surface area (TPSA) is 70.2 Å². The van der Waals surface area contributed by atoms with Gasteiger partial charge in [0.2, 0.25) is 0 Å². The lowest BCUT2D eigenvalue weighted by Crippen LogP contribution is -2.35. The van der Waals surface area contributed by atoms with Gasteiger partial charge in [-0.15, -0.1) is 0 Å². The van der Waals surface area contributed by atoms with E-state index >= 15 is 0 Å². The molecule has 2 heterocycles. The van der Waals surface area contributed by atoms with E-state index in [9.17, 15) is 14.4 Å². The normalized spacial score (nSPS) is 15.7. The molecule has 7 heteroatoms. The molecule has 178 valence electrons. The van der Waals surface area contributed by atoms with Crippen molar-refractivity contribution in [3.8, 4) is 5.75 Å². The number of ether oxygens (including phenoxy) is 1. The predicted molar refractivity (Wildman–Crippen MR) is 133 cm³/mol. The summed E-state index contributed by atoms with van der Waals surface area (Å²) in [5.74, 6) is 0.0151. The van der Waals surface area contributed by atoms with E-state index in [1.54, 1.807) is 25.3 Å². The smallest absolute Gasteiger partial charge is 0.261 e. The van der Waals surface area contributed by atoms with Crippen LogP contribution in [0.4, 0.5) is 5.69 Å². The zero-order chi connectivity index (χ0) is 24.4. The number of amides is 3. The Balaban J connectivity index is 1.29. The van der Waals surface area contributed by atoms with Crippen LogP contribution in [-0.4, -0.2) is 60.8 Å². The van der Waals surface area contributed by atoms with Gasteiger partial charge in [0.15, 0.2) is 0 Å². The van der Waals surface area contributed by atoms with Gasteiger partial charge in [-0.1, -0.05) is 30.3 Å². The fraction of sp³-hybridized carbons (Fsp3) is 0.250. The van der Waals surface area contributed by atoms with Gasteiger partial charge < -0.3 is 14.5 Å². The molecule has 5 rings (SSSR count). The molecular weight excluding hydrogens is 442 g/mol. The molecule has 3 aromatic rings. The largest absolute Gasteiger partial charge is 0.497 e. The van der Waals surface area contributed by atoms with E-state index < -0.39 is 0 Å². The second kappa shape index (κ2) is 9.62. The molecule has 0 saturated carbocycles. The molecule has 1 saturated heterocycles. The number of fused-ring (bicyclic) bond motifs is 1. The van der Waals surface area contributed by atoms with Crippen molar-refractivity contribution in [1.29, 1.82) is 0 Å². The van der Waals surface area contributed by atoms with Crippen molar-refractivity contribution in [2.24, 2.45) is 0 Å². The van der Waals surface area contributed by atoms with Crippen LogP contribution in [0.15, 0.2) is 72.8 Å². The molecule has 2 aliphatic rings. The van der Waals surface area contributed by atoms with E-state index in [2.05, 4.69) is 4.90 Å². The average molecular weight is 470 g/mol. The maximum absolute atomic E-state index is 13.3. The van der Waals surface area contributed by atoms with Crippen molar-refractivity contribution >= 4 is 23.4 Å². The fourth-order valence-electron chi connectivity index (χ4n) is 4.69. The summed E-state index contributed by atoms with van der Waals surface area (Å²) < 4.78 is 5.24. The van der Waals surface area contributed by atoms with Crippen LogP contribution >= 0.6 is 0 Å². The average Bonchev–Trinajstić information content (AvgIpc) is 3.06. The molecule has 1 fully saturated rings. The van der Waals surface area contributed by atoms with Crippen LogP contribution in [-0.2, 0) is 6.54 Å². The number of imide groups is 1. The van der Waals surface area contributed by atoms with Gasteiger partial charge in [0.25, 0.3) is 17.7 Å². The number of benzene rings is 3. The summed E-state index contributed by atoms with van der Waals surface area (Å²) in [5.41, 5.74) is 3.06. The van der Waals surface area contributed by atoms with Crippen LogP contribution in [0, 0.1) is 0 Å². The van der Waals surface area contributed by atoms with Gasteiger partial charge in [0.05, 0.1) is 24.8 Å². The number of hydrogen-bond acceptors (Lipinski definition) is 5. The van der Waals surface area contributed by atoms with Crippen molar-refractivity contribution in [2.45, 2.75) is 13.0 Å². The molecule has 0 radical (unpaired) electrons. The fourth-order valence-corrected chi connectivity index (χ4v) is 4.69. The van der Waals surface area contributed by atoms with Crippen LogP contribution in [0.25, 0.3) is 0 Å². The molecule has 7 nitrogen and oxygen atoms in total. The zero-order valence-corrected chi connectivity index (χ0v) is 19.6. The van der Waals surface area contributed by atoms with Gasteiger partial charge in [-0.25, -0.2) is 0 Å². The predicted octanol–water partition coefficient (Wildman–Crippen LogP) is 3.84. The Morgan fingerprint density at radius 2 is 1.57 bits per heavy atom. The minimum absolute atomic E-state index is 0.119. The second-order valence-corrected chi connectivity index (χ2v) is 8.77. The lowest BCUT2D eigenvalue weighted by Gasteiger charge is -2.24. The highest BCUT2D eigenvalue weighted by atomic mass is 16.5. The first-order valence-corrected chi connectivity index (χ1v) is 11.8. The Bertz CT molecular complexity index is 1260. The van der Waals surface area contributed by atoms with E-state index in [0.29, 0.717) is 36.3 Å². The maximum atomic E-state index is 13.3. The second-order valence-electron chi connectivity index (χ2n) is 8.77. The lowest BCUT2D eigenvalue weighted by atomic mass is 10.0. The molecule has 0 aromatic heterocycles. The Kier molecular flexibility index (Phi) is 6.23. The molecule has 0 unspecified atom stereocenters. The monoisotopic (exact) mass is 469 g/mol. The Labute approximate surface area is 204 Å². The minimum Gasteiger partial charge on any atom is -0.497 e. The summed E-state index contributed by atoms with van der Waals surface area (Å²) >= 11 is 0. The van der Waals surface area contributed by atoms with Gasteiger partial charge in [-0.2, -0.15) is 0 Å². The standard InChI is InChI=1S/C28H27N3O4/c1-35-23-11-9-22(10-12-23)29-14-5-15-30(17-16-29)26(32)21-8-13-24-25(18-21)28(34)31(27(24)33)19-20-6-3-2-4-7-20/h2-4,6-13,18H,5,14-17,19H2,1H3. The SMILES string of the molecule is COc1ccc(N2CCCN(C(=O)c3ccc4c(c3)C(=O)N(Cc3ccccc3)C4=O)CC2)cc1. The molecule has 3 amide bonds. The van der Waals surface area contributed by atoms with E-state index in [1.165, 1.54) is 4.90 Å². The number of carbonyl (C=O) groups excluding carboxylic acids is 3. The highest BCUT2D eigenvalue weighted by Gasteiger charge is 2.36. The van der Waals surface area contributed by atoms with Crippen molar-refractivity contribution in [3.05, 3.63) is 95.1 Å². The summed E-state index contributed by atoms with van der Waals surface area (Å²) in [6.07, 6.45) is 0.838. The summed E-state index contributed by atoms with van der Waals surface area (Å²) in [4.78, 5) is 44.5. The van der Waals surface area contributed by atoms with Gasteiger partial charge in [0, 0.05) is 37.4 Å². The third kappa shape index (κ3) is 4.49. The van der Waals surface area contributed by atoms with Gasteiger partial charge in [-0.05, 0) is 54.4 Å². The van der Waals surface area contributed by atoms with Crippen LogP contribution < -0.4 is 9.64 Å². The molecule has 0 spiro atoms. The Morgan fingerprint density at radius 1 is 0.829 bits per heavy atom. The molecule has 0 aliphatic carbocycles. The third-order valence-corrected chi connectivity index (χ3v) is 6.62. The highest BCUT2D eigenvalue weighted by Crippen LogP contribution is 2.27. The molecule has 2 aliphatic heterocycles. The maximum Gasteiger partial charge on any atom is 0.261 e. The first-order valence-electron chi connectivity index (χ1n) is 11.8. The summed E-state index contributed by atoms with van der Waals surface area (Å²) in [7, 11) is 1.65. The lowest BCUT2D eigenvalue weighted by molar-refractivity contribution is 0.0642. The van der Waals surface area contributed by atoms with Crippen molar-refractivity contribution < 1.29 is 19.1 Å². The summed E-state index contributed by atoms with van der Waals surface area (Å²) in [6, 6.07) is 22.2. The van der Waals surface area contributed by atoms with Crippen LogP contribution in [0.5, 0.6) is 5.75 Å². The van der Waals surface area contributed by atoms with Crippen LogP contribution in [0.2, 0.25) is 0 Å². The number of carbonyl (C=O) groups is 3. The molecule has 0 N–H and O–H groups in total. The van der Waals surface area contributed by atoms with Crippen LogP contribution in [0.1, 0.15) is 43.1 Å². The molecular formula is C28H27N3O4. The Hall–Kier alpha value is -4.13. The van der Waals surface area contributed by atoms with Crippen molar-refractivity contribution in [1.82, 2.24) is 9.80 Å². The first kappa shape index (κ1) is 22.7. The minimum atomic E-state index is -0.356. The van der Waals surface area contributed by atoms with Gasteiger partial charge in [0.1, 0.15) is 5.75 Å². The van der Waals surface area contributed by atoms with E-state index in [-0.39, 0.29) is 24.3 Å². The zero-order valence-electron chi connectivity index (χ0n) is 19.6. The van der Waals surface area contributed by atoms with Gasteiger partial charge in [-0.3, -0.25) is 19.3 Å².